The summed E-state index contributed by atoms with van der Waals surface area (Å²) in [6.07, 6.45) is -1.46. The van der Waals surface area contributed by atoms with Gasteiger partial charge in [0.25, 0.3) is 0 Å². The number of benzene rings is 2. The number of carboxylic acids is 1. The van der Waals surface area contributed by atoms with E-state index in [4.69, 9.17) is 18.9 Å². The highest BCUT2D eigenvalue weighted by Crippen LogP contribution is 2.44. The van der Waals surface area contributed by atoms with Crippen molar-refractivity contribution >= 4 is 35.1 Å². The summed E-state index contributed by atoms with van der Waals surface area (Å²) in [5, 5.41) is 17.3. The molecule has 2 aromatic carbocycles. The predicted molar refractivity (Wildman–Crippen MR) is 148 cm³/mol. The number of para-hydroxylation sites is 1. The molecule has 4 aromatic rings. The molecule has 4 heterocycles. The molecule has 15 nitrogen and oxygen atoms in total. The summed E-state index contributed by atoms with van der Waals surface area (Å²) in [7, 11) is 0. The number of hydrogen-bond donors (Lipinski definition) is 4. The van der Waals surface area contributed by atoms with E-state index >= 15 is 0 Å². The molecule has 2 saturated heterocycles. The number of carbonyl (C=O) groups excluding carboxylic acids is 2. The number of nitrogens with zero attached hydrogens (tertiary/aromatic N) is 4. The van der Waals surface area contributed by atoms with E-state index < -0.39 is 48.9 Å². The first-order valence-corrected chi connectivity index (χ1v) is 13.4. The van der Waals surface area contributed by atoms with Gasteiger partial charge in [0.05, 0.1) is 6.33 Å². The second kappa shape index (κ2) is 12.0. The molecule has 4 unspecified atom stereocenters. The quantitative estimate of drug-likeness (QED) is 0.237. The molecule has 2 aliphatic heterocycles. The van der Waals surface area contributed by atoms with Crippen molar-refractivity contribution in [3.63, 3.8) is 0 Å². The van der Waals surface area contributed by atoms with Crippen LogP contribution in [0.1, 0.15) is 35.4 Å². The van der Waals surface area contributed by atoms with Crippen LogP contribution in [0.15, 0.2) is 67.3 Å². The Hall–Kier alpha value is -5.12. The van der Waals surface area contributed by atoms with Crippen LogP contribution < -0.4 is 20.7 Å². The van der Waals surface area contributed by atoms with Gasteiger partial charge in [-0.05, 0) is 19.1 Å². The Morgan fingerprint density at radius 3 is 2.51 bits per heavy atom. The molecule has 5 atom stereocenters. The third-order valence-corrected chi connectivity index (χ3v) is 6.89. The molecule has 2 aromatic heterocycles. The number of carboxylic acid groups (broad SMARTS) is 1. The molecule has 6 rings (SSSR count). The van der Waals surface area contributed by atoms with Crippen LogP contribution >= 0.6 is 0 Å². The zero-order valence-electron chi connectivity index (χ0n) is 22.7. The van der Waals surface area contributed by atoms with E-state index in [9.17, 15) is 19.5 Å². The second-order valence-corrected chi connectivity index (χ2v) is 9.61. The van der Waals surface area contributed by atoms with Gasteiger partial charge in [-0.3, -0.25) is 9.88 Å². The number of urea groups is 1. The van der Waals surface area contributed by atoms with Gasteiger partial charge in [-0.1, -0.05) is 42.5 Å². The summed E-state index contributed by atoms with van der Waals surface area (Å²) >= 11 is 0. The van der Waals surface area contributed by atoms with Gasteiger partial charge >= 0.3 is 18.1 Å². The van der Waals surface area contributed by atoms with Crippen molar-refractivity contribution in [1.29, 1.82) is 0 Å². The molecular weight excluding hydrogens is 562 g/mol. The van der Waals surface area contributed by atoms with Crippen LogP contribution in [0.5, 0.6) is 5.75 Å². The highest BCUT2D eigenvalue weighted by atomic mass is 16.8. The van der Waals surface area contributed by atoms with Crippen LogP contribution in [-0.4, -0.2) is 74.1 Å². The molecule has 0 bridgehead atoms. The Morgan fingerprint density at radius 1 is 0.953 bits per heavy atom. The minimum atomic E-state index is -1.22. The Morgan fingerprint density at radius 2 is 1.72 bits per heavy atom. The Kier molecular flexibility index (Phi) is 7.83. The number of imidazole rings is 1. The average Bonchev–Trinajstić information content (AvgIpc) is 3.71. The van der Waals surface area contributed by atoms with E-state index in [0.717, 1.165) is 5.56 Å². The number of hydrogen-bond acceptors (Lipinski definition) is 10. The summed E-state index contributed by atoms with van der Waals surface area (Å²) in [5.41, 5.74) is 1.38. The summed E-state index contributed by atoms with van der Waals surface area (Å²) in [6.45, 7) is 2.19. The van der Waals surface area contributed by atoms with Crippen molar-refractivity contribution in [2.24, 2.45) is 0 Å². The number of anilines is 1. The maximum atomic E-state index is 12.7. The number of fused-ring (bicyclic) bond motifs is 2. The second-order valence-electron chi connectivity index (χ2n) is 9.61. The number of rotatable bonds is 8. The van der Waals surface area contributed by atoms with Crippen molar-refractivity contribution in [3.8, 4) is 5.75 Å². The standard InChI is InChI=1S/C28H27N7O8/c1-2-29-27(38)34-22-19-23(32-13-31-22)35(14-33-19)24-21-20(42-26(43-21)15-8-4-3-5-9-15)18(40-24)12-30-28(39)41-17-11-7-6-10-16(17)25(36)37/h3-11,13-14,18,20-21,24,26H,2,12H2,1H3,(H,30,39)(H,36,37)(H2,29,31,32,34,38)/t18?,20?,21?,24?,26-/m0/s1. The Balaban J connectivity index is 1.24. The molecule has 4 N–H and O–H groups in total. The van der Waals surface area contributed by atoms with Gasteiger partial charge < -0.3 is 34.7 Å². The molecule has 15 heteroatoms. The molecule has 0 aliphatic carbocycles. The largest absolute Gasteiger partial charge is 0.478 e. The predicted octanol–water partition coefficient (Wildman–Crippen LogP) is 2.83. The lowest BCUT2D eigenvalue weighted by atomic mass is 10.1. The minimum absolute atomic E-state index is 0.0395. The zero-order chi connectivity index (χ0) is 29.9. The highest BCUT2D eigenvalue weighted by molar-refractivity contribution is 5.95. The monoisotopic (exact) mass is 589 g/mol. The van der Waals surface area contributed by atoms with Crippen LogP contribution in [0.2, 0.25) is 0 Å². The van der Waals surface area contributed by atoms with E-state index in [1.165, 1.54) is 30.9 Å². The van der Waals surface area contributed by atoms with Gasteiger partial charge in [0, 0.05) is 18.7 Å². The maximum absolute atomic E-state index is 12.7. The molecule has 222 valence electrons. The molecule has 2 aliphatic rings. The number of carbonyl (C=O) groups is 3. The van der Waals surface area contributed by atoms with Gasteiger partial charge in [0.1, 0.15) is 36.0 Å². The number of aromatic carboxylic acids is 1. The van der Waals surface area contributed by atoms with Crippen LogP contribution in [0.3, 0.4) is 0 Å². The van der Waals surface area contributed by atoms with E-state index in [0.29, 0.717) is 17.7 Å². The van der Waals surface area contributed by atoms with Crippen molar-refractivity contribution in [3.05, 3.63) is 78.4 Å². The molecule has 0 radical (unpaired) electrons. The lowest BCUT2D eigenvalue weighted by Crippen LogP contribution is -2.40. The van der Waals surface area contributed by atoms with E-state index in [2.05, 4.69) is 30.9 Å². The molecular formula is C28H27N7O8. The Labute approximate surface area is 244 Å². The van der Waals surface area contributed by atoms with Crippen LogP contribution in [0.25, 0.3) is 11.2 Å². The van der Waals surface area contributed by atoms with Crippen LogP contribution in [-0.2, 0) is 14.2 Å². The van der Waals surface area contributed by atoms with Crippen LogP contribution in [0.4, 0.5) is 15.4 Å². The van der Waals surface area contributed by atoms with Crippen molar-refractivity contribution in [2.45, 2.75) is 37.8 Å². The van der Waals surface area contributed by atoms with E-state index in [1.807, 2.05) is 30.3 Å². The lowest BCUT2D eigenvalue weighted by molar-refractivity contribution is -0.146. The van der Waals surface area contributed by atoms with Gasteiger partial charge in [-0.15, -0.1) is 0 Å². The van der Waals surface area contributed by atoms with Gasteiger partial charge in [-0.25, -0.2) is 29.3 Å². The normalized spacial score (nSPS) is 22.6. The fourth-order valence-electron chi connectivity index (χ4n) is 4.98. The van der Waals surface area contributed by atoms with Crippen molar-refractivity contribution in [1.82, 2.24) is 30.2 Å². The minimum Gasteiger partial charge on any atom is -0.478 e. The summed E-state index contributed by atoms with van der Waals surface area (Å²) in [4.78, 5) is 49.2. The number of amides is 3. The van der Waals surface area contributed by atoms with Gasteiger partial charge in [-0.2, -0.15) is 0 Å². The SMILES string of the molecule is CCNC(=O)Nc1ncnc2c1ncn2C1OC(CNC(=O)Oc2ccccc2C(=O)O)C2O[C@H](c3ccccc3)OC21. The molecule has 43 heavy (non-hydrogen) atoms. The summed E-state index contributed by atoms with van der Waals surface area (Å²) in [5.74, 6) is -1.10. The highest BCUT2D eigenvalue weighted by Gasteiger charge is 2.54. The third kappa shape index (κ3) is 5.68. The molecule has 0 spiro atoms. The van der Waals surface area contributed by atoms with Gasteiger partial charge in [0.2, 0.25) is 0 Å². The number of nitrogens with one attached hydrogen (secondary N) is 3. The topological polar surface area (TPSA) is 188 Å². The Bertz CT molecular complexity index is 1650. The first kappa shape index (κ1) is 28.0. The first-order valence-electron chi connectivity index (χ1n) is 13.4. The summed E-state index contributed by atoms with van der Waals surface area (Å²) in [6, 6.07) is 14.8. The van der Waals surface area contributed by atoms with E-state index in [1.54, 1.807) is 17.6 Å². The average molecular weight is 590 g/mol. The third-order valence-electron chi connectivity index (χ3n) is 6.89. The maximum Gasteiger partial charge on any atom is 0.412 e. The first-order chi connectivity index (χ1) is 20.9. The van der Waals surface area contributed by atoms with Crippen molar-refractivity contribution < 1.29 is 38.4 Å². The van der Waals surface area contributed by atoms with E-state index in [-0.39, 0.29) is 23.7 Å². The number of ether oxygens (including phenoxy) is 4. The van der Waals surface area contributed by atoms with Crippen LogP contribution in [0, 0.1) is 0 Å². The number of aromatic nitrogens is 4. The fraction of sp³-hybridized carbons (Fsp3) is 0.286. The molecule has 0 saturated carbocycles. The molecule has 3 amide bonds. The molecule has 2 fully saturated rings. The fourth-order valence-corrected chi connectivity index (χ4v) is 4.98. The van der Waals surface area contributed by atoms with Gasteiger partial charge in [0.15, 0.2) is 29.5 Å². The zero-order valence-corrected chi connectivity index (χ0v) is 22.7. The lowest BCUT2D eigenvalue weighted by Gasteiger charge is -2.21. The summed E-state index contributed by atoms with van der Waals surface area (Å²) < 4.78 is 25.9. The smallest absolute Gasteiger partial charge is 0.412 e. The van der Waals surface area contributed by atoms with Crippen molar-refractivity contribution in [2.75, 3.05) is 18.4 Å².